The van der Waals surface area contributed by atoms with Crippen LogP contribution >= 0.6 is 27.3 Å². The number of rotatable bonds is 11. The van der Waals surface area contributed by atoms with Gasteiger partial charge >= 0.3 is 5.97 Å². The molecule has 10 heteroatoms. The van der Waals surface area contributed by atoms with Crippen LogP contribution in [0.1, 0.15) is 36.6 Å². The van der Waals surface area contributed by atoms with Crippen molar-refractivity contribution >= 4 is 39.3 Å². The number of hydrogen-bond acceptors (Lipinski definition) is 8. The van der Waals surface area contributed by atoms with E-state index < -0.39 is 12.0 Å². The first kappa shape index (κ1) is 33.0. The SMILES string of the molecule is CCOc1cc(/C=c2\sc3n(c2=O)C(c2ccccc2)C(C(=O)Oc2ccccc2)=C(C)N=3)cc(Br)c1OCCOc1ccccc1C. The molecule has 5 aromatic rings. The molecule has 1 aromatic heterocycles. The number of para-hydroxylation sites is 2. The number of ether oxygens (including phenoxy) is 4. The molecule has 0 N–H and O–H groups in total. The van der Waals surface area contributed by atoms with E-state index in [0.29, 0.717) is 62.1 Å². The maximum Gasteiger partial charge on any atom is 0.343 e. The fourth-order valence-corrected chi connectivity index (χ4v) is 7.04. The lowest BCUT2D eigenvalue weighted by Crippen LogP contribution is -2.40. The Hall–Kier alpha value is -4.93. The Morgan fingerprint density at radius 1 is 0.896 bits per heavy atom. The molecule has 0 saturated heterocycles. The van der Waals surface area contributed by atoms with Crippen molar-refractivity contribution in [2.24, 2.45) is 4.99 Å². The number of nitrogens with zero attached hydrogens (tertiary/aromatic N) is 2. The fourth-order valence-electron chi connectivity index (χ4n) is 5.42. The standard InChI is InChI=1S/C38H33BrN2O6S/c1-4-44-31-22-26(21-29(39)35(31)46-20-19-45-30-18-12-11-13-24(30)2)23-32-36(42)41-34(27-14-7-5-8-15-27)33(25(3)40-38(41)48-32)37(43)47-28-16-9-6-10-17-28/h5-18,21-23,34H,4,19-20H2,1-3H3/b32-23-. The summed E-state index contributed by atoms with van der Waals surface area (Å²) in [5, 5.41) is 0. The van der Waals surface area contributed by atoms with Crippen LogP contribution < -0.4 is 33.8 Å². The molecule has 48 heavy (non-hydrogen) atoms. The number of esters is 1. The molecule has 1 unspecified atom stereocenters. The van der Waals surface area contributed by atoms with E-state index in [-0.39, 0.29) is 5.56 Å². The van der Waals surface area contributed by atoms with Crippen LogP contribution in [0.4, 0.5) is 0 Å². The Kier molecular flexibility index (Phi) is 10.2. The third-order valence-electron chi connectivity index (χ3n) is 7.62. The zero-order chi connectivity index (χ0) is 33.6. The summed E-state index contributed by atoms with van der Waals surface area (Å²) in [7, 11) is 0. The number of fused-ring (bicyclic) bond motifs is 1. The molecule has 8 nitrogen and oxygen atoms in total. The summed E-state index contributed by atoms with van der Waals surface area (Å²) >= 11 is 4.90. The molecule has 0 bridgehead atoms. The highest BCUT2D eigenvalue weighted by molar-refractivity contribution is 9.10. The smallest absolute Gasteiger partial charge is 0.343 e. The van der Waals surface area contributed by atoms with Crippen molar-refractivity contribution in [3.8, 4) is 23.0 Å². The van der Waals surface area contributed by atoms with E-state index in [0.717, 1.165) is 22.4 Å². The van der Waals surface area contributed by atoms with Gasteiger partial charge < -0.3 is 18.9 Å². The summed E-state index contributed by atoms with van der Waals surface area (Å²) in [6.45, 7) is 6.75. The van der Waals surface area contributed by atoms with Crippen molar-refractivity contribution in [2.75, 3.05) is 19.8 Å². The van der Waals surface area contributed by atoms with E-state index in [9.17, 15) is 9.59 Å². The van der Waals surface area contributed by atoms with Gasteiger partial charge in [0.05, 0.1) is 32.9 Å². The van der Waals surface area contributed by atoms with Crippen LogP contribution in [0.15, 0.2) is 123 Å². The van der Waals surface area contributed by atoms with Gasteiger partial charge in [-0.25, -0.2) is 9.79 Å². The minimum absolute atomic E-state index is 0.270. The fraction of sp³-hybridized carbons (Fsp3) is 0.184. The predicted octanol–water partition coefficient (Wildman–Crippen LogP) is 6.77. The zero-order valence-electron chi connectivity index (χ0n) is 26.6. The molecule has 0 amide bonds. The maximum atomic E-state index is 14.1. The van der Waals surface area contributed by atoms with Crippen molar-refractivity contribution in [1.82, 2.24) is 4.57 Å². The van der Waals surface area contributed by atoms with Crippen LogP contribution in [-0.4, -0.2) is 30.4 Å². The quantitative estimate of drug-likeness (QED) is 0.0850. The lowest BCUT2D eigenvalue weighted by Gasteiger charge is -2.24. The van der Waals surface area contributed by atoms with Crippen LogP contribution in [-0.2, 0) is 4.79 Å². The maximum absolute atomic E-state index is 14.1. The minimum Gasteiger partial charge on any atom is -0.490 e. The van der Waals surface area contributed by atoms with E-state index in [1.165, 1.54) is 11.3 Å². The van der Waals surface area contributed by atoms with Crippen LogP contribution in [0.5, 0.6) is 23.0 Å². The second-order valence-corrected chi connectivity index (χ2v) is 12.8. The summed E-state index contributed by atoms with van der Waals surface area (Å²) in [5.41, 5.74) is 3.08. The highest BCUT2D eigenvalue weighted by Gasteiger charge is 2.33. The molecule has 244 valence electrons. The molecule has 1 aliphatic rings. The number of aryl methyl sites for hydroxylation is 1. The summed E-state index contributed by atoms with van der Waals surface area (Å²) in [4.78, 5) is 33.0. The number of aromatic nitrogens is 1. The molecule has 0 saturated carbocycles. The van der Waals surface area contributed by atoms with Crippen LogP contribution in [0, 0.1) is 6.92 Å². The Bertz CT molecular complexity index is 2160. The number of halogens is 1. The van der Waals surface area contributed by atoms with Gasteiger partial charge in [-0.3, -0.25) is 9.36 Å². The summed E-state index contributed by atoms with van der Waals surface area (Å²) in [6, 6.07) is 29.1. The van der Waals surface area contributed by atoms with Crippen molar-refractivity contribution in [2.45, 2.75) is 26.8 Å². The number of allylic oxidation sites excluding steroid dienone is 1. The minimum atomic E-state index is -0.718. The van der Waals surface area contributed by atoms with Gasteiger partial charge in [-0.05, 0) is 89.8 Å². The molecular formula is C38H33BrN2O6S. The zero-order valence-corrected chi connectivity index (χ0v) is 29.0. The Morgan fingerprint density at radius 3 is 2.31 bits per heavy atom. The predicted molar refractivity (Wildman–Crippen MR) is 190 cm³/mol. The van der Waals surface area contributed by atoms with Gasteiger partial charge in [0.2, 0.25) is 0 Å². The normalized spacial score (nSPS) is 14.2. The molecule has 2 heterocycles. The molecule has 1 aliphatic heterocycles. The topological polar surface area (TPSA) is 88.4 Å². The summed E-state index contributed by atoms with van der Waals surface area (Å²) < 4.78 is 26.4. The number of thiazole rings is 1. The van der Waals surface area contributed by atoms with Crippen molar-refractivity contribution in [3.63, 3.8) is 0 Å². The molecule has 0 spiro atoms. The lowest BCUT2D eigenvalue weighted by atomic mass is 9.96. The molecular weight excluding hydrogens is 692 g/mol. The second-order valence-electron chi connectivity index (χ2n) is 10.9. The first-order chi connectivity index (χ1) is 23.3. The average molecular weight is 726 g/mol. The van der Waals surface area contributed by atoms with E-state index in [1.54, 1.807) is 41.8 Å². The Morgan fingerprint density at radius 2 is 1.58 bits per heavy atom. The Balaban J connectivity index is 1.33. The number of hydrogen-bond donors (Lipinski definition) is 0. The third-order valence-corrected chi connectivity index (χ3v) is 9.19. The van der Waals surface area contributed by atoms with E-state index in [4.69, 9.17) is 23.9 Å². The van der Waals surface area contributed by atoms with Gasteiger partial charge in [-0.2, -0.15) is 0 Å². The van der Waals surface area contributed by atoms with Crippen LogP contribution in [0.2, 0.25) is 0 Å². The summed E-state index contributed by atoms with van der Waals surface area (Å²) in [6.07, 6.45) is 1.80. The van der Waals surface area contributed by atoms with Crippen molar-refractivity contribution in [3.05, 3.63) is 149 Å². The largest absolute Gasteiger partial charge is 0.490 e. The molecule has 1 atom stereocenters. The van der Waals surface area contributed by atoms with Gasteiger partial charge in [-0.15, -0.1) is 0 Å². The van der Waals surface area contributed by atoms with Gasteiger partial charge in [0.1, 0.15) is 24.7 Å². The molecule has 0 radical (unpaired) electrons. The van der Waals surface area contributed by atoms with Gasteiger partial charge in [0.15, 0.2) is 16.3 Å². The van der Waals surface area contributed by atoms with E-state index >= 15 is 0 Å². The highest BCUT2D eigenvalue weighted by Crippen LogP contribution is 2.37. The average Bonchev–Trinajstić information content (AvgIpc) is 3.38. The lowest BCUT2D eigenvalue weighted by molar-refractivity contribution is -0.130. The van der Waals surface area contributed by atoms with Gasteiger partial charge in [0, 0.05) is 0 Å². The number of carbonyl (C=O) groups is 1. The molecule has 0 aliphatic carbocycles. The van der Waals surface area contributed by atoms with Crippen LogP contribution in [0.25, 0.3) is 6.08 Å². The van der Waals surface area contributed by atoms with Crippen molar-refractivity contribution in [1.29, 1.82) is 0 Å². The molecule has 0 fully saturated rings. The monoisotopic (exact) mass is 724 g/mol. The van der Waals surface area contributed by atoms with Gasteiger partial charge in [0.25, 0.3) is 5.56 Å². The van der Waals surface area contributed by atoms with Crippen LogP contribution in [0.3, 0.4) is 0 Å². The number of carbonyl (C=O) groups excluding carboxylic acids is 1. The van der Waals surface area contributed by atoms with E-state index in [1.807, 2.05) is 86.6 Å². The highest BCUT2D eigenvalue weighted by atomic mass is 79.9. The first-order valence-corrected chi connectivity index (χ1v) is 17.1. The Labute approximate surface area is 290 Å². The molecule has 6 rings (SSSR count). The molecule has 4 aromatic carbocycles. The first-order valence-electron chi connectivity index (χ1n) is 15.5. The third kappa shape index (κ3) is 7.14. The van der Waals surface area contributed by atoms with Crippen molar-refractivity contribution < 1.29 is 23.7 Å². The summed E-state index contributed by atoms with van der Waals surface area (Å²) in [5.74, 6) is 1.74. The second kappa shape index (κ2) is 14.9. The van der Waals surface area contributed by atoms with E-state index in [2.05, 4.69) is 15.9 Å². The van der Waals surface area contributed by atoms with Gasteiger partial charge in [-0.1, -0.05) is 78.1 Å². The number of benzene rings is 4.